The van der Waals surface area contributed by atoms with Gasteiger partial charge in [-0.05, 0) is 12.1 Å². The summed E-state index contributed by atoms with van der Waals surface area (Å²) in [6.45, 7) is 0.929. The zero-order valence-electron chi connectivity index (χ0n) is 9.93. The van der Waals surface area contributed by atoms with E-state index in [1.807, 2.05) is 11.0 Å². The summed E-state index contributed by atoms with van der Waals surface area (Å²) in [5, 5.41) is 19.1. The number of β-amino-alcohol motifs (C(OH)–C–C–N with tert-alkyl or cyclic N) is 1. The molecule has 0 aromatic heterocycles. The van der Waals surface area contributed by atoms with Gasteiger partial charge in [0.05, 0.1) is 34.1 Å². The predicted octanol–water partition coefficient (Wildman–Crippen LogP) is 0.990. The zero-order chi connectivity index (χ0) is 13.3. The number of benzene rings is 1. The molecule has 1 saturated heterocycles. The highest BCUT2D eigenvalue weighted by Crippen LogP contribution is 2.34. The van der Waals surface area contributed by atoms with Gasteiger partial charge < -0.3 is 20.5 Å². The number of nitriles is 1. The number of halogens is 1. The first-order valence-corrected chi connectivity index (χ1v) is 5.89. The first-order chi connectivity index (χ1) is 8.56. The van der Waals surface area contributed by atoms with Gasteiger partial charge in [0.1, 0.15) is 6.10 Å². The van der Waals surface area contributed by atoms with Crippen molar-refractivity contribution in [2.24, 2.45) is 0 Å². The van der Waals surface area contributed by atoms with E-state index in [2.05, 4.69) is 0 Å². The lowest BCUT2D eigenvalue weighted by molar-refractivity contribution is 0.0217. The Labute approximate surface area is 110 Å². The number of aliphatic hydroxyl groups is 1. The molecule has 0 spiro atoms. The number of nitrogens with two attached hydrogens (primary N) is 1. The Balaban J connectivity index is 2.35. The highest BCUT2D eigenvalue weighted by molar-refractivity contribution is 6.35. The summed E-state index contributed by atoms with van der Waals surface area (Å²) in [5.74, 6) is 0. The molecule has 0 aliphatic carbocycles. The van der Waals surface area contributed by atoms with Gasteiger partial charge in [-0.3, -0.25) is 0 Å². The van der Waals surface area contributed by atoms with Crippen molar-refractivity contribution in [3.63, 3.8) is 0 Å². The lowest BCUT2D eigenvalue weighted by Crippen LogP contribution is -2.25. The van der Waals surface area contributed by atoms with E-state index in [0.29, 0.717) is 35.1 Å². The molecule has 1 heterocycles. The second-order valence-corrected chi connectivity index (χ2v) is 4.63. The van der Waals surface area contributed by atoms with Crippen molar-refractivity contribution in [3.05, 3.63) is 22.7 Å². The average molecular weight is 268 g/mol. The number of anilines is 2. The first-order valence-electron chi connectivity index (χ1n) is 5.51. The third-order valence-electron chi connectivity index (χ3n) is 3.09. The van der Waals surface area contributed by atoms with Gasteiger partial charge in [0.25, 0.3) is 0 Å². The highest BCUT2D eigenvalue weighted by atomic mass is 35.5. The number of ether oxygens (including phenoxy) is 1. The van der Waals surface area contributed by atoms with Crippen LogP contribution in [-0.4, -0.2) is 37.5 Å². The monoisotopic (exact) mass is 267 g/mol. The molecule has 0 unspecified atom stereocenters. The molecule has 0 amide bonds. The molecule has 2 rings (SSSR count). The normalized spacial score (nSPS) is 23.1. The van der Waals surface area contributed by atoms with Gasteiger partial charge >= 0.3 is 0 Å². The minimum Gasteiger partial charge on any atom is -0.397 e. The van der Waals surface area contributed by atoms with Crippen LogP contribution in [0.25, 0.3) is 0 Å². The Morgan fingerprint density at radius 1 is 1.56 bits per heavy atom. The fourth-order valence-corrected chi connectivity index (χ4v) is 2.34. The van der Waals surface area contributed by atoms with Gasteiger partial charge in [-0.1, -0.05) is 11.6 Å². The number of aliphatic hydroxyl groups excluding tert-OH is 1. The average Bonchev–Trinajstić information content (AvgIpc) is 2.73. The van der Waals surface area contributed by atoms with E-state index in [0.717, 1.165) is 0 Å². The molecule has 1 aromatic carbocycles. The maximum Gasteiger partial charge on any atom is 0.102 e. The Kier molecular flexibility index (Phi) is 3.62. The van der Waals surface area contributed by atoms with E-state index in [1.54, 1.807) is 13.2 Å². The number of nitrogen functional groups attached to an aromatic ring is 1. The van der Waals surface area contributed by atoms with Gasteiger partial charge in [-0.2, -0.15) is 5.26 Å². The van der Waals surface area contributed by atoms with Crippen LogP contribution in [0.15, 0.2) is 12.1 Å². The minimum atomic E-state index is -0.571. The van der Waals surface area contributed by atoms with E-state index in [4.69, 9.17) is 27.3 Å². The maximum absolute atomic E-state index is 9.80. The molecular weight excluding hydrogens is 254 g/mol. The smallest absolute Gasteiger partial charge is 0.102 e. The summed E-state index contributed by atoms with van der Waals surface area (Å²) in [4.78, 5) is 1.87. The van der Waals surface area contributed by atoms with E-state index in [1.165, 1.54) is 6.07 Å². The molecule has 0 bridgehead atoms. The van der Waals surface area contributed by atoms with Crippen molar-refractivity contribution < 1.29 is 9.84 Å². The summed E-state index contributed by atoms with van der Waals surface area (Å²) >= 11 is 6.14. The summed E-state index contributed by atoms with van der Waals surface area (Å²) in [5.41, 5.74) is 7.23. The molecule has 2 atom stereocenters. The highest BCUT2D eigenvalue weighted by Gasteiger charge is 2.32. The van der Waals surface area contributed by atoms with Crippen LogP contribution in [-0.2, 0) is 4.74 Å². The standard InChI is InChI=1S/C12H14ClN3O2/c1-18-11-6-16(5-10(11)17)9-3-7(4-14)2-8(15)12(9)13/h2-3,10-11,17H,5-6,15H2,1H3/t10-,11-/m1/s1. The number of rotatable bonds is 2. The largest absolute Gasteiger partial charge is 0.397 e. The number of hydrogen-bond donors (Lipinski definition) is 2. The topological polar surface area (TPSA) is 82.5 Å². The lowest BCUT2D eigenvalue weighted by atomic mass is 10.2. The van der Waals surface area contributed by atoms with Crippen LogP contribution in [0.2, 0.25) is 5.02 Å². The van der Waals surface area contributed by atoms with Crippen LogP contribution in [0.1, 0.15) is 5.56 Å². The number of methoxy groups -OCH3 is 1. The molecule has 0 saturated carbocycles. The molecule has 1 aliphatic heterocycles. The second-order valence-electron chi connectivity index (χ2n) is 4.26. The Bertz CT molecular complexity index is 501. The van der Waals surface area contributed by atoms with Crippen LogP contribution in [0.4, 0.5) is 11.4 Å². The van der Waals surface area contributed by atoms with Crippen molar-refractivity contribution in [2.75, 3.05) is 30.8 Å². The van der Waals surface area contributed by atoms with Crippen molar-refractivity contribution in [1.29, 1.82) is 5.26 Å². The van der Waals surface area contributed by atoms with Crippen LogP contribution in [0.3, 0.4) is 0 Å². The number of nitrogens with zero attached hydrogens (tertiary/aromatic N) is 2. The van der Waals surface area contributed by atoms with Gasteiger partial charge in [0.2, 0.25) is 0 Å². The Morgan fingerprint density at radius 3 is 2.83 bits per heavy atom. The third kappa shape index (κ3) is 2.23. The molecule has 5 nitrogen and oxygen atoms in total. The van der Waals surface area contributed by atoms with Crippen molar-refractivity contribution in [3.8, 4) is 6.07 Å². The molecule has 96 valence electrons. The quantitative estimate of drug-likeness (QED) is 0.781. The van der Waals surface area contributed by atoms with Gasteiger partial charge in [0.15, 0.2) is 0 Å². The van der Waals surface area contributed by atoms with Crippen LogP contribution >= 0.6 is 11.6 Å². The van der Waals surface area contributed by atoms with E-state index < -0.39 is 6.10 Å². The van der Waals surface area contributed by atoms with Crippen LogP contribution in [0, 0.1) is 11.3 Å². The van der Waals surface area contributed by atoms with E-state index in [9.17, 15) is 5.11 Å². The zero-order valence-corrected chi connectivity index (χ0v) is 10.7. The summed E-state index contributed by atoms with van der Waals surface area (Å²) < 4.78 is 5.17. The Hall–Kier alpha value is -1.48. The summed E-state index contributed by atoms with van der Waals surface area (Å²) in [7, 11) is 1.55. The Morgan fingerprint density at radius 2 is 2.28 bits per heavy atom. The summed E-state index contributed by atoms with van der Waals surface area (Å²) in [6, 6.07) is 5.24. The van der Waals surface area contributed by atoms with Crippen molar-refractivity contribution >= 4 is 23.0 Å². The van der Waals surface area contributed by atoms with Crippen LogP contribution < -0.4 is 10.6 Å². The van der Waals surface area contributed by atoms with Gasteiger partial charge in [0, 0.05) is 20.2 Å². The fraction of sp³-hybridized carbons (Fsp3) is 0.417. The van der Waals surface area contributed by atoms with Crippen molar-refractivity contribution in [1.82, 2.24) is 0 Å². The second kappa shape index (κ2) is 5.02. The first kappa shape index (κ1) is 13.0. The molecule has 6 heteroatoms. The van der Waals surface area contributed by atoms with Crippen molar-refractivity contribution in [2.45, 2.75) is 12.2 Å². The van der Waals surface area contributed by atoms with E-state index >= 15 is 0 Å². The molecule has 3 N–H and O–H groups in total. The van der Waals surface area contributed by atoms with E-state index in [-0.39, 0.29) is 6.10 Å². The molecular formula is C12H14ClN3O2. The predicted molar refractivity (Wildman–Crippen MR) is 69.6 cm³/mol. The minimum absolute atomic E-state index is 0.256. The molecule has 1 fully saturated rings. The van der Waals surface area contributed by atoms with Gasteiger partial charge in [-0.25, -0.2) is 0 Å². The lowest BCUT2D eigenvalue weighted by Gasteiger charge is -2.20. The molecule has 18 heavy (non-hydrogen) atoms. The molecule has 1 aliphatic rings. The van der Waals surface area contributed by atoms with Crippen LogP contribution in [0.5, 0.6) is 0 Å². The summed E-state index contributed by atoms with van der Waals surface area (Å²) in [6.07, 6.45) is -0.828. The number of hydrogen-bond acceptors (Lipinski definition) is 5. The molecule has 0 radical (unpaired) electrons. The maximum atomic E-state index is 9.80. The third-order valence-corrected chi connectivity index (χ3v) is 3.50. The fourth-order valence-electron chi connectivity index (χ4n) is 2.11. The molecule has 1 aromatic rings. The SMILES string of the molecule is CO[C@@H]1CN(c2cc(C#N)cc(N)c2Cl)C[C@H]1O. The van der Waals surface area contributed by atoms with Gasteiger partial charge in [-0.15, -0.1) is 0 Å².